The summed E-state index contributed by atoms with van der Waals surface area (Å²) in [7, 11) is -3.29. The molecule has 0 aliphatic carbocycles. The van der Waals surface area contributed by atoms with Crippen molar-refractivity contribution in [2.75, 3.05) is 24.7 Å². The number of nitrogens with zero attached hydrogens (tertiary/aromatic N) is 1. The van der Waals surface area contributed by atoms with E-state index in [0.717, 1.165) is 24.8 Å². The van der Waals surface area contributed by atoms with Crippen molar-refractivity contribution in [3.05, 3.63) is 28.8 Å². The Morgan fingerprint density at radius 3 is 2.52 bits per heavy atom. The molecule has 0 heterocycles. The van der Waals surface area contributed by atoms with Gasteiger partial charge in [0.25, 0.3) is 0 Å². The highest BCUT2D eigenvalue weighted by Gasteiger charge is 2.17. The fourth-order valence-corrected chi connectivity index (χ4v) is 3.17. The number of carbonyl (C=O) groups is 1. The average molecular weight is 361 g/mol. The Bertz CT molecular complexity index is 632. The smallest absolute Gasteiger partial charge is 0.225 e. The Balaban J connectivity index is 2.55. The monoisotopic (exact) mass is 360 g/mol. The first kappa shape index (κ1) is 19.9. The van der Waals surface area contributed by atoms with Crippen LogP contribution in [0.25, 0.3) is 0 Å². The van der Waals surface area contributed by atoms with E-state index in [1.165, 1.54) is 10.6 Å². The number of amides is 1. The van der Waals surface area contributed by atoms with Gasteiger partial charge < -0.3 is 5.32 Å². The quantitative estimate of drug-likeness (QED) is 0.686. The van der Waals surface area contributed by atoms with Gasteiger partial charge in [0.05, 0.1) is 6.26 Å². The van der Waals surface area contributed by atoms with E-state index in [-0.39, 0.29) is 18.9 Å². The number of halogens is 1. The lowest BCUT2D eigenvalue weighted by Crippen LogP contribution is -2.33. The number of unbranched alkanes of at least 4 members (excludes halogenated alkanes) is 2. The van der Waals surface area contributed by atoms with Gasteiger partial charge in [0.2, 0.25) is 15.9 Å². The summed E-state index contributed by atoms with van der Waals surface area (Å²) in [5, 5.41) is 3.32. The number of anilines is 1. The Kier molecular flexibility index (Phi) is 8.02. The van der Waals surface area contributed by atoms with Crippen LogP contribution < -0.4 is 5.32 Å². The molecule has 0 spiro atoms. The third kappa shape index (κ3) is 7.33. The van der Waals surface area contributed by atoms with Gasteiger partial charge >= 0.3 is 0 Å². The van der Waals surface area contributed by atoms with Crippen molar-refractivity contribution in [1.29, 1.82) is 0 Å². The molecule has 1 rings (SSSR count). The van der Waals surface area contributed by atoms with Crippen molar-refractivity contribution in [1.82, 2.24) is 4.31 Å². The van der Waals surface area contributed by atoms with Crippen LogP contribution in [0, 0.1) is 6.92 Å². The summed E-state index contributed by atoms with van der Waals surface area (Å²) in [5.74, 6) is -0.228. The molecule has 1 N–H and O–H groups in total. The fourth-order valence-electron chi connectivity index (χ4n) is 2.10. The number of carbonyl (C=O) groups excluding carboxylic acids is 1. The molecule has 23 heavy (non-hydrogen) atoms. The molecule has 1 aromatic rings. The van der Waals surface area contributed by atoms with E-state index >= 15 is 0 Å². The average Bonchev–Trinajstić information content (AvgIpc) is 2.45. The molecule has 7 heteroatoms. The van der Waals surface area contributed by atoms with Crippen molar-refractivity contribution < 1.29 is 13.2 Å². The summed E-state index contributed by atoms with van der Waals surface area (Å²) >= 11 is 6.02. The van der Waals surface area contributed by atoms with Crippen molar-refractivity contribution in [3.8, 4) is 0 Å². The molecule has 0 atom stereocenters. The maximum atomic E-state index is 12.0. The summed E-state index contributed by atoms with van der Waals surface area (Å²) in [6.07, 6.45) is 4.09. The second kappa shape index (κ2) is 9.25. The van der Waals surface area contributed by atoms with E-state index in [0.29, 0.717) is 17.3 Å². The number of hydrogen-bond donors (Lipinski definition) is 1. The van der Waals surface area contributed by atoms with E-state index in [4.69, 9.17) is 11.6 Å². The predicted molar refractivity (Wildman–Crippen MR) is 95.4 cm³/mol. The SMILES string of the molecule is CCCCCN(CCC(=O)Nc1ccc(C)c(Cl)c1)S(C)(=O)=O. The number of sulfonamides is 1. The lowest BCUT2D eigenvalue weighted by molar-refractivity contribution is -0.116. The molecule has 0 radical (unpaired) electrons. The zero-order valence-electron chi connectivity index (χ0n) is 13.9. The summed E-state index contributed by atoms with van der Waals surface area (Å²) in [5.41, 5.74) is 1.55. The van der Waals surface area contributed by atoms with Crippen LogP contribution in [0.15, 0.2) is 18.2 Å². The minimum Gasteiger partial charge on any atom is -0.326 e. The van der Waals surface area contributed by atoms with Crippen LogP contribution in [-0.4, -0.2) is 38.0 Å². The largest absolute Gasteiger partial charge is 0.326 e. The standard InChI is InChI=1S/C16H25ClN2O3S/c1-4-5-6-10-19(23(3,21)22)11-9-16(20)18-14-8-7-13(2)15(17)12-14/h7-8,12H,4-6,9-11H2,1-3H3,(H,18,20). The van der Waals surface area contributed by atoms with Crippen LogP contribution in [0.5, 0.6) is 0 Å². The topological polar surface area (TPSA) is 66.5 Å². The van der Waals surface area contributed by atoms with Crippen LogP contribution in [-0.2, 0) is 14.8 Å². The highest BCUT2D eigenvalue weighted by molar-refractivity contribution is 7.88. The number of benzene rings is 1. The molecule has 5 nitrogen and oxygen atoms in total. The van der Waals surface area contributed by atoms with Gasteiger partial charge in [0, 0.05) is 30.2 Å². The van der Waals surface area contributed by atoms with Gasteiger partial charge in [0.1, 0.15) is 0 Å². The highest BCUT2D eigenvalue weighted by atomic mass is 35.5. The van der Waals surface area contributed by atoms with Gasteiger partial charge in [-0.2, -0.15) is 0 Å². The molecule has 0 aliphatic heterocycles. The zero-order valence-corrected chi connectivity index (χ0v) is 15.5. The van der Waals surface area contributed by atoms with Crippen molar-refractivity contribution in [3.63, 3.8) is 0 Å². The predicted octanol–water partition coefficient (Wildman–Crippen LogP) is 3.43. The van der Waals surface area contributed by atoms with Crippen LogP contribution in [0.3, 0.4) is 0 Å². The van der Waals surface area contributed by atoms with Gasteiger partial charge in [0.15, 0.2) is 0 Å². The minimum absolute atomic E-state index is 0.116. The molecule has 0 bridgehead atoms. The van der Waals surface area contributed by atoms with Gasteiger partial charge in [-0.05, 0) is 31.0 Å². The van der Waals surface area contributed by atoms with E-state index in [1.807, 2.05) is 13.0 Å². The van der Waals surface area contributed by atoms with Crippen LogP contribution in [0.1, 0.15) is 38.2 Å². The minimum atomic E-state index is -3.29. The third-order valence-electron chi connectivity index (χ3n) is 3.52. The van der Waals surface area contributed by atoms with E-state index < -0.39 is 10.0 Å². The van der Waals surface area contributed by atoms with Gasteiger partial charge in [-0.15, -0.1) is 0 Å². The van der Waals surface area contributed by atoms with Crippen LogP contribution in [0.4, 0.5) is 5.69 Å². The molecule has 1 amide bonds. The van der Waals surface area contributed by atoms with E-state index in [1.54, 1.807) is 12.1 Å². The zero-order chi connectivity index (χ0) is 17.5. The molecule has 130 valence electrons. The number of nitrogens with one attached hydrogen (secondary N) is 1. The number of hydrogen-bond acceptors (Lipinski definition) is 3. The van der Waals surface area contributed by atoms with Crippen LogP contribution in [0.2, 0.25) is 5.02 Å². The maximum absolute atomic E-state index is 12.0. The van der Waals surface area contributed by atoms with Gasteiger partial charge in [-0.3, -0.25) is 4.79 Å². The Morgan fingerprint density at radius 2 is 1.96 bits per heavy atom. The molecule has 0 aliphatic rings. The molecule has 0 saturated carbocycles. The normalized spacial score (nSPS) is 11.7. The second-order valence-electron chi connectivity index (χ2n) is 5.63. The Labute approximate surface area is 144 Å². The highest BCUT2D eigenvalue weighted by Crippen LogP contribution is 2.20. The molecule has 0 unspecified atom stereocenters. The molecule has 0 saturated heterocycles. The fraction of sp³-hybridized carbons (Fsp3) is 0.562. The molecule has 0 fully saturated rings. The van der Waals surface area contributed by atoms with E-state index in [9.17, 15) is 13.2 Å². The summed E-state index contributed by atoms with van der Waals surface area (Å²) in [4.78, 5) is 12.0. The van der Waals surface area contributed by atoms with Crippen molar-refractivity contribution >= 4 is 33.2 Å². The molecule has 1 aromatic carbocycles. The molecular weight excluding hydrogens is 336 g/mol. The molecule has 0 aromatic heterocycles. The van der Waals surface area contributed by atoms with Gasteiger partial charge in [-0.25, -0.2) is 12.7 Å². The first-order valence-electron chi connectivity index (χ1n) is 7.75. The summed E-state index contributed by atoms with van der Waals surface area (Å²) < 4.78 is 24.9. The Hall–Kier alpha value is -1.11. The number of aryl methyl sites for hydroxylation is 1. The summed E-state index contributed by atoms with van der Waals surface area (Å²) in [6.45, 7) is 4.59. The van der Waals surface area contributed by atoms with Gasteiger partial charge in [-0.1, -0.05) is 37.4 Å². The third-order valence-corrected chi connectivity index (χ3v) is 5.23. The first-order chi connectivity index (χ1) is 10.7. The Morgan fingerprint density at radius 1 is 1.26 bits per heavy atom. The van der Waals surface area contributed by atoms with Crippen LogP contribution >= 0.6 is 11.6 Å². The second-order valence-corrected chi connectivity index (χ2v) is 8.02. The summed E-state index contributed by atoms with van der Waals surface area (Å²) in [6, 6.07) is 5.28. The lowest BCUT2D eigenvalue weighted by atomic mass is 10.2. The number of rotatable bonds is 9. The maximum Gasteiger partial charge on any atom is 0.225 e. The lowest BCUT2D eigenvalue weighted by Gasteiger charge is -2.19. The van der Waals surface area contributed by atoms with Crippen molar-refractivity contribution in [2.24, 2.45) is 0 Å². The van der Waals surface area contributed by atoms with Crippen molar-refractivity contribution in [2.45, 2.75) is 39.5 Å². The van der Waals surface area contributed by atoms with E-state index in [2.05, 4.69) is 12.2 Å². The molecular formula is C16H25ClN2O3S. The first-order valence-corrected chi connectivity index (χ1v) is 9.97.